The highest BCUT2D eigenvalue weighted by Gasteiger charge is 2.25. The van der Waals surface area contributed by atoms with Crippen molar-refractivity contribution < 1.29 is 14.7 Å². The summed E-state index contributed by atoms with van der Waals surface area (Å²) in [5.74, 6) is -0.319. The molecule has 3 aromatic rings. The highest BCUT2D eigenvalue weighted by molar-refractivity contribution is 7.16. The SMILES string of the molecule is CN(C(=O)C(Cc1ccccc1)NC(=O)O)c1ccc2scnc2c1. The molecule has 0 radical (unpaired) electrons. The summed E-state index contributed by atoms with van der Waals surface area (Å²) in [5, 5.41) is 11.4. The molecule has 0 spiro atoms. The number of hydrogen-bond donors (Lipinski definition) is 2. The first kappa shape index (κ1) is 16.9. The predicted molar refractivity (Wildman–Crippen MR) is 98.1 cm³/mol. The summed E-state index contributed by atoms with van der Waals surface area (Å²) in [6, 6.07) is 14.0. The monoisotopic (exact) mass is 355 g/mol. The molecule has 3 rings (SSSR count). The normalized spacial score (nSPS) is 11.9. The molecular formula is C18H17N3O3S. The number of likely N-dealkylation sites (N-methyl/N-ethyl adjacent to an activating group) is 1. The highest BCUT2D eigenvalue weighted by atomic mass is 32.1. The van der Waals surface area contributed by atoms with Crippen molar-refractivity contribution in [2.24, 2.45) is 0 Å². The molecular weight excluding hydrogens is 338 g/mol. The standard InChI is InChI=1S/C18H17N3O3S/c1-21(13-7-8-16-14(10-13)19-11-25-16)17(22)15(20-18(23)24)9-12-5-3-2-4-6-12/h2-8,10-11,15,20H,9H2,1H3,(H,23,24). The topological polar surface area (TPSA) is 82.5 Å². The molecule has 2 amide bonds. The number of amides is 2. The molecule has 0 aliphatic rings. The van der Waals surface area contributed by atoms with Crippen molar-refractivity contribution >= 4 is 39.2 Å². The molecule has 0 fully saturated rings. The fraction of sp³-hybridized carbons (Fsp3) is 0.167. The number of fused-ring (bicyclic) bond motifs is 1. The van der Waals surface area contributed by atoms with Crippen LogP contribution in [0.15, 0.2) is 54.0 Å². The van der Waals surface area contributed by atoms with Crippen molar-refractivity contribution in [1.82, 2.24) is 10.3 Å². The van der Waals surface area contributed by atoms with Crippen molar-refractivity contribution in [2.45, 2.75) is 12.5 Å². The molecule has 2 N–H and O–H groups in total. The van der Waals surface area contributed by atoms with Crippen LogP contribution in [0.25, 0.3) is 10.2 Å². The summed E-state index contributed by atoms with van der Waals surface area (Å²) >= 11 is 1.53. The summed E-state index contributed by atoms with van der Waals surface area (Å²) in [6.45, 7) is 0. The Hall–Kier alpha value is -2.93. The quantitative estimate of drug-likeness (QED) is 0.737. The Labute approximate surface area is 148 Å². The number of anilines is 1. The molecule has 6 nitrogen and oxygen atoms in total. The smallest absolute Gasteiger partial charge is 0.405 e. The van der Waals surface area contributed by atoms with Crippen molar-refractivity contribution in [3.63, 3.8) is 0 Å². The molecule has 25 heavy (non-hydrogen) atoms. The molecule has 0 bridgehead atoms. The van der Waals surface area contributed by atoms with Crippen LogP contribution in [-0.4, -0.2) is 35.2 Å². The van der Waals surface area contributed by atoms with Gasteiger partial charge in [-0.15, -0.1) is 11.3 Å². The first-order valence-electron chi connectivity index (χ1n) is 7.69. The van der Waals surface area contributed by atoms with Gasteiger partial charge in [-0.1, -0.05) is 30.3 Å². The number of carboxylic acid groups (broad SMARTS) is 1. The lowest BCUT2D eigenvalue weighted by Crippen LogP contribution is -2.48. The number of nitrogens with zero attached hydrogens (tertiary/aromatic N) is 2. The summed E-state index contributed by atoms with van der Waals surface area (Å²) in [7, 11) is 1.64. The summed E-state index contributed by atoms with van der Waals surface area (Å²) in [4.78, 5) is 29.7. The molecule has 0 saturated carbocycles. The van der Waals surface area contributed by atoms with Crippen molar-refractivity contribution in [1.29, 1.82) is 0 Å². The van der Waals surface area contributed by atoms with Crippen LogP contribution in [0.2, 0.25) is 0 Å². The van der Waals surface area contributed by atoms with E-state index in [1.165, 1.54) is 16.2 Å². The number of hydrogen-bond acceptors (Lipinski definition) is 4. The van der Waals surface area contributed by atoms with E-state index < -0.39 is 12.1 Å². The van der Waals surface area contributed by atoms with Gasteiger partial charge in [0.05, 0.1) is 15.7 Å². The zero-order valence-corrected chi connectivity index (χ0v) is 14.4. The largest absolute Gasteiger partial charge is 0.465 e. The first-order chi connectivity index (χ1) is 12.0. The van der Waals surface area contributed by atoms with E-state index >= 15 is 0 Å². The van der Waals surface area contributed by atoms with E-state index in [2.05, 4.69) is 10.3 Å². The number of nitrogens with one attached hydrogen (secondary N) is 1. The van der Waals surface area contributed by atoms with Gasteiger partial charge < -0.3 is 15.3 Å². The molecule has 1 heterocycles. The van der Waals surface area contributed by atoms with Gasteiger partial charge in [0.1, 0.15) is 6.04 Å². The Balaban J connectivity index is 1.83. The van der Waals surface area contributed by atoms with Gasteiger partial charge in [0.25, 0.3) is 0 Å². The number of rotatable bonds is 5. The van der Waals surface area contributed by atoms with Crippen molar-refractivity contribution in [3.05, 3.63) is 59.6 Å². The van der Waals surface area contributed by atoms with E-state index in [1.54, 1.807) is 12.6 Å². The zero-order chi connectivity index (χ0) is 17.8. The molecule has 7 heteroatoms. The van der Waals surface area contributed by atoms with Gasteiger partial charge in [0.2, 0.25) is 5.91 Å². The van der Waals surface area contributed by atoms with Gasteiger partial charge in [-0.25, -0.2) is 9.78 Å². The minimum atomic E-state index is -1.22. The van der Waals surface area contributed by atoms with Crippen LogP contribution in [0.4, 0.5) is 10.5 Å². The number of benzene rings is 2. The molecule has 2 aromatic carbocycles. The summed E-state index contributed by atoms with van der Waals surface area (Å²) < 4.78 is 1.04. The summed E-state index contributed by atoms with van der Waals surface area (Å²) in [5.41, 5.74) is 4.13. The Morgan fingerprint density at radius 2 is 2.00 bits per heavy atom. The lowest BCUT2D eigenvalue weighted by molar-refractivity contribution is -0.120. The lowest BCUT2D eigenvalue weighted by Gasteiger charge is -2.24. The number of aromatic nitrogens is 1. The van der Waals surface area contributed by atoms with E-state index in [0.717, 1.165) is 15.8 Å². The third kappa shape index (κ3) is 3.95. The first-order valence-corrected chi connectivity index (χ1v) is 8.57. The molecule has 0 aliphatic carbocycles. The predicted octanol–water partition coefficient (Wildman–Crippen LogP) is 3.14. The van der Waals surface area contributed by atoms with E-state index in [0.29, 0.717) is 5.69 Å². The molecule has 0 saturated heterocycles. The average Bonchev–Trinajstić information content (AvgIpc) is 3.08. The van der Waals surface area contributed by atoms with Gasteiger partial charge in [0.15, 0.2) is 0 Å². The Morgan fingerprint density at radius 1 is 1.24 bits per heavy atom. The Morgan fingerprint density at radius 3 is 2.72 bits per heavy atom. The fourth-order valence-corrected chi connectivity index (χ4v) is 3.27. The molecule has 128 valence electrons. The maximum absolute atomic E-state index is 12.8. The van der Waals surface area contributed by atoms with Crippen LogP contribution in [0, 0.1) is 0 Å². The second-order valence-corrected chi connectivity index (χ2v) is 6.48. The van der Waals surface area contributed by atoms with Gasteiger partial charge in [-0.3, -0.25) is 4.79 Å². The van der Waals surface area contributed by atoms with Gasteiger partial charge in [-0.2, -0.15) is 0 Å². The summed E-state index contributed by atoms with van der Waals surface area (Å²) in [6.07, 6.45) is -0.937. The molecule has 1 unspecified atom stereocenters. The van der Waals surface area contributed by atoms with Crippen LogP contribution in [0.1, 0.15) is 5.56 Å². The molecule has 0 aliphatic heterocycles. The van der Waals surface area contributed by atoms with Gasteiger partial charge in [0, 0.05) is 19.2 Å². The Kier molecular flexibility index (Phi) is 4.95. The van der Waals surface area contributed by atoms with Gasteiger partial charge >= 0.3 is 6.09 Å². The van der Waals surface area contributed by atoms with Crippen LogP contribution in [-0.2, 0) is 11.2 Å². The minimum Gasteiger partial charge on any atom is -0.465 e. The number of carbonyl (C=O) groups excluding carboxylic acids is 1. The van der Waals surface area contributed by atoms with E-state index in [-0.39, 0.29) is 12.3 Å². The lowest BCUT2D eigenvalue weighted by atomic mass is 10.0. The van der Waals surface area contributed by atoms with Crippen LogP contribution < -0.4 is 10.2 Å². The van der Waals surface area contributed by atoms with Crippen LogP contribution in [0.5, 0.6) is 0 Å². The van der Waals surface area contributed by atoms with Crippen LogP contribution >= 0.6 is 11.3 Å². The second kappa shape index (κ2) is 7.31. The Bertz CT molecular complexity index is 895. The minimum absolute atomic E-state index is 0.287. The number of thiazole rings is 1. The van der Waals surface area contributed by atoms with Crippen molar-refractivity contribution in [2.75, 3.05) is 11.9 Å². The zero-order valence-electron chi connectivity index (χ0n) is 13.5. The molecule has 1 aromatic heterocycles. The molecule has 1 atom stereocenters. The fourth-order valence-electron chi connectivity index (χ4n) is 2.61. The van der Waals surface area contributed by atoms with E-state index in [9.17, 15) is 9.59 Å². The van der Waals surface area contributed by atoms with Gasteiger partial charge in [-0.05, 0) is 23.8 Å². The van der Waals surface area contributed by atoms with Crippen molar-refractivity contribution in [3.8, 4) is 0 Å². The third-order valence-electron chi connectivity index (χ3n) is 3.91. The maximum Gasteiger partial charge on any atom is 0.405 e. The maximum atomic E-state index is 12.8. The average molecular weight is 355 g/mol. The van der Waals surface area contributed by atoms with E-state index in [1.807, 2.05) is 48.5 Å². The highest BCUT2D eigenvalue weighted by Crippen LogP contribution is 2.24. The third-order valence-corrected chi connectivity index (χ3v) is 4.72. The van der Waals surface area contributed by atoms with Crippen LogP contribution in [0.3, 0.4) is 0 Å². The number of carbonyl (C=O) groups is 2. The van der Waals surface area contributed by atoms with E-state index in [4.69, 9.17) is 5.11 Å². The second-order valence-electron chi connectivity index (χ2n) is 5.59.